The third-order valence-electron chi connectivity index (χ3n) is 3.18. The Kier molecular flexibility index (Phi) is 4.00. The molecule has 2 aromatic rings. The summed E-state index contributed by atoms with van der Waals surface area (Å²) in [5.41, 5.74) is 4.46. The van der Waals surface area contributed by atoms with E-state index in [1.165, 1.54) is 0 Å². The van der Waals surface area contributed by atoms with Gasteiger partial charge in [-0.15, -0.1) is 0 Å². The molecule has 0 bridgehead atoms. The first-order valence-electron chi connectivity index (χ1n) is 6.20. The SMILES string of the molecule is Cc1ccc(-c2ccc(C)c(OP(=O)(O)O)c2C)cc1. The smallest absolute Gasteiger partial charge is 0.404 e. The number of hydrogen-bond donors (Lipinski definition) is 2. The zero-order valence-corrected chi connectivity index (χ0v) is 12.5. The molecule has 0 fully saturated rings. The summed E-state index contributed by atoms with van der Waals surface area (Å²) in [6.07, 6.45) is 0. The Labute approximate surface area is 118 Å². The van der Waals surface area contributed by atoms with E-state index >= 15 is 0 Å². The average Bonchev–Trinajstić information content (AvgIpc) is 2.35. The highest BCUT2D eigenvalue weighted by molar-refractivity contribution is 7.46. The first-order valence-corrected chi connectivity index (χ1v) is 7.73. The Morgan fingerprint density at radius 1 is 0.950 bits per heavy atom. The largest absolute Gasteiger partial charge is 0.524 e. The van der Waals surface area contributed by atoms with E-state index in [1.807, 2.05) is 37.3 Å². The van der Waals surface area contributed by atoms with Crippen LogP contribution in [0.5, 0.6) is 5.75 Å². The van der Waals surface area contributed by atoms with E-state index in [0.29, 0.717) is 5.56 Å². The molecule has 0 aliphatic heterocycles. The summed E-state index contributed by atoms with van der Waals surface area (Å²) in [6.45, 7) is 5.57. The molecule has 0 aliphatic carbocycles. The van der Waals surface area contributed by atoms with Crippen LogP contribution >= 0.6 is 7.82 Å². The molecule has 0 saturated heterocycles. The average molecular weight is 292 g/mol. The molecule has 2 N–H and O–H groups in total. The van der Waals surface area contributed by atoms with Crippen LogP contribution < -0.4 is 4.52 Å². The fourth-order valence-electron chi connectivity index (χ4n) is 2.13. The van der Waals surface area contributed by atoms with Gasteiger partial charge in [0.05, 0.1) is 0 Å². The fraction of sp³-hybridized carbons (Fsp3) is 0.200. The van der Waals surface area contributed by atoms with Crippen LogP contribution in [-0.2, 0) is 4.57 Å². The number of aryl methyl sites for hydroxylation is 2. The lowest BCUT2D eigenvalue weighted by atomic mass is 9.97. The van der Waals surface area contributed by atoms with Gasteiger partial charge in [-0.2, -0.15) is 0 Å². The normalized spacial score (nSPS) is 11.4. The zero-order valence-electron chi connectivity index (χ0n) is 11.6. The lowest BCUT2D eigenvalue weighted by molar-refractivity contribution is 0.282. The van der Waals surface area contributed by atoms with Crippen LogP contribution in [0.3, 0.4) is 0 Å². The van der Waals surface area contributed by atoms with Gasteiger partial charge in [0.25, 0.3) is 0 Å². The van der Waals surface area contributed by atoms with Crippen molar-refractivity contribution in [3.63, 3.8) is 0 Å². The highest BCUT2D eigenvalue weighted by Crippen LogP contribution is 2.43. The van der Waals surface area contributed by atoms with Gasteiger partial charge in [0.1, 0.15) is 5.75 Å². The number of benzene rings is 2. The summed E-state index contributed by atoms with van der Waals surface area (Å²) in [4.78, 5) is 18.0. The van der Waals surface area contributed by atoms with Gasteiger partial charge in [0, 0.05) is 0 Å². The van der Waals surface area contributed by atoms with Gasteiger partial charge in [-0.25, -0.2) is 4.57 Å². The van der Waals surface area contributed by atoms with Crippen molar-refractivity contribution in [2.75, 3.05) is 0 Å². The number of rotatable bonds is 3. The van der Waals surface area contributed by atoms with Gasteiger partial charge in [-0.1, -0.05) is 42.0 Å². The maximum absolute atomic E-state index is 11.1. The molecule has 2 aromatic carbocycles. The minimum absolute atomic E-state index is 0.247. The Morgan fingerprint density at radius 2 is 1.55 bits per heavy atom. The molecule has 2 rings (SSSR count). The highest BCUT2D eigenvalue weighted by Gasteiger charge is 2.20. The van der Waals surface area contributed by atoms with E-state index < -0.39 is 7.82 Å². The maximum atomic E-state index is 11.1. The first-order chi connectivity index (χ1) is 9.28. The molecule has 106 valence electrons. The number of phosphoric ester groups is 1. The fourth-order valence-corrected chi connectivity index (χ4v) is 2.65. The molecular formula is C15H17O4P. The van der Waals surface area contributed by atoms with E-state index in [9.17, 15) is 4.57 Å². The molecule has 0 unspecified atom stereocenters. The molecule has 0 atom stereocenters. The van der Waals surface area contributed by atoms with Gasteiger partial charge < -0.3 is 4.52 Å². The first kappa shape index (κ1) is 14.8. The number of phosphoric acid groups is 1. The summed E-state index contributed by atoms with van der Waals surface area (Å²) >= 11 is 0. The monoisotopic (exact) mass is 292 g/mol. The van der Waals surface area contributed by atoms with Crippen molar-refractivity contribution < 1.29 is 18.9 Å². The Bertz CT molecular complexity index is 671. The van der Waals surface area contributed by atoms with Gasteiger partial charge in [0.15, 0.2) is 0 Å². The molecule has 5 heteroatoms. The molecule has 0 spiro atoms. The Balaban J connectivity index is 2.54. The number of hydrogen-bond acceptors (Lipinski definition) is 2. The van der Waals surface area contributed by atoms with Gasteiger partial charge in [0.2, 0.25) is 0 Å². The molecule has 0 amide bonds. The van der Waals surface area contributed by atoms with Gasteiger partial charge in [-0.05, 0) is 43.0 Å². The second kappa shape index (κ2) is 5.41. The summed E-state index contributed by atoms with van der Waals surface area (Å²) in [7, 11) is -4.56. The van der Waals surface area contributed by atoms with Crippen LogP contribution in [0.2, 0.25) is 0 Å². The van der Waals surface area contributed by atoms with Crippen molar-refractivity contribution in [3.05, 3.63) is 53.1 Å². The molecule has 0 radical (unpaired) electrons. The molecule has 0 saturated carbocycles. The Hall–Kier alpha value is -1.61. The van der Waals surface area contributed by atoms with Crippen molar-refractivity contribution in [1.29, 1.82) is 0 Å². The van der Waals surface area contributed by atoms with Crippen LogP contribution in [-0.4, -0.2) is 9.79 Å². The second-order valence-corrected chi connectivity index (χ2v) is 6.00. The van der Waals surface area contributed by atoms with Gasteiger partial charge in [-0.3, -0.25) is 9.79 Å². The second-order valence-electron chi connectivity index (χ2n) is 4.83. The molecule has 0 heterocycles. The standard InChI is InChI=1S/C15H17O4P/c1-10-4-7-13(8-5-10)14-9-6-11(2)15(12(14)3)19-20(16,17)18/h4-9H,1-3H3,(H2,16,17,18). The van der Waals surface area contributed by atoms with Crippen molar-refractivity contribution in [3.8, 4) is 16.9 Å². The maximum Gasteiger partial charge on any atom is 0.524 e. The van der Waals surface area contributed by atoms with Crippen LogP contribution in [0.25, 0.3) is 11.1 Å². The zero-order chi connectivity index (χ0) is 14.9. The van der Waals surface area contributed by atoms with Gasteiger partial charge >= 0.3 is 7.82 Å². The van der Waals surface area contributed by atoms with E-state index in [1.54, 1.807) is 19.9 Å². The van der Waals surface area contributed by atoms with Crippen LogP contribution in [0.4, 0.5) is 0 Å². The third kappa shape index (κ3) is 3.28. The lowest BCUT2D eigenvalue weighted by Gasteiger charge is -2.16. The summed E-state index contributed by atoms with van der Waals surface area (Å²) in [5.74, 6) is 0.247. The summed E-state index contributed by atoms with van der Waals surface area (Å²) in [5, 5.41) is 0. The predicted octanol–water partition coefficient (Wildman–Crippen LogP) is 3.75. The van der Waals surface area contributed by atoms with Crippen molar-refractivity contribution in [2.45, 2.75) is 20.8 Å². The molecule has 0 aromatic heterocycles. The van der Waals surface area contributed by atoms with Crippen LogP contribution in [0.15, 0.2) is 36.4 Å². The quantitative estimate of drug-likeness (QED) is 0.845. The predicted molar refractivity (Wildman–Crippen MR) is 78.8 cm³/mol. The van der Waals surface area contributed by atoms with E-state index in [0.717, 1.165) is 22.3 Å². The lowest BCUT2D eigenvalue weighted by Crippen LogP contribution is -1.97. The minimum atomic E-state index is -4.56. The molecular weight excluding hydrogens is 275 g/mol. The van der Waals surface area contributed by atoms with E-state index in [2.05, 4.69) is 0 Å². The highest BCUT2D eigenvalue weighted by atomic mass is 31.2. The minimum Gasteiger partial charge on any atom is -0.404 e. The van der Waals surface area contributed by atoms with E-state index in [4.69, 9.17) is 14.3 Å². The summed E-state index contributed by atoms with van der Waals surface area (Å²) < 4.78 is 15.9. The van der Waals surface area contributed by atoms with Crippen molar-refractivity contribution >= 4 is 7.82 Å². The molecule has 4 nitrogen and oxygen atoms in total. The molecule has 0 aliphatic rings. The topological polar surface area (TPSA) is 66.8 Å². The third-order valence-corrected chi connectivity index (χ3v) is 3.60. The summed E-state index contributed by atoms with van der Waals surface area (Å²) in [6, 6.07) is 11.7. The van der Waals surface area contributed by atoms with Crippen molar-refractivity contribution in [1.82, 2.24) is 0 Å². The Morgan fingerprint density at radius 3 is 2.10 bits per heavy atom. The van der Waals surface area contributed by atoms with Crippen LogP contribution in [0, 0.1) is 20.8 Å². The van der Waals surface area contributed by atoms with E-state index in [-0.39, 0.29) is 5.75 Å². The molecule has 20 heavy (non-hydrogen) atoms. The van der Waals surface area contributed by atoms with Crippen LogP contribution in [0.1, 0.15) is 16.7 Å². The van der Waals surface area contributed by atoms with Crippen molar-refractivity contribution in [2.24, 2.45) is 0 Å².